The minimum absolute atomic E-state index is 0.00970. The lowest BCUT2D eigenvalue weighted by Gasteiger charge is -2.35. The van der Waals surface area contributed by atoms with Crippen LogP contribution in [0.15, 0.2) is 53.2 Å². The molecule has 8 heteroatoms. The van der Waals surface area contributed by atoms with Crippen LogP contribution in [-0.4, -0.2) is 53.7 Å². The van der Waals surface area contributed by atoms with Gasteiger partial charge in [-0.15, -0.1) is 0 Å². The summed E-state index contributed by atoms with van der Waals surface area (Å²) in [4.78, 5) is 25.8. The minimum atomic E-state index is -0.00970. The molecule has 2 aromatic heterocycles. The number of benzene rings is 2. The zero-order valence-electron chi connectivity index (χ0n) is 16.1. The molecule has 0 radical (unpaired) electrons. The van der Waals surface area contributed by atoms with Gasteiger partial charge in [-0.2, -0.15) is 0 Å². The van der Waals surface area contributed by atoms with Crippen molar-refractivity contribution >= 4 is 33.8 Å². The SMILES string of the molecule is O=C(c1ccc2c(c1)OCO2)N1CCN(c2ncnc3c2oc2ccccc23)CC1. The Bertz CT molecular complexity index is 1280. The van der Waals surface area contributed by atoms with Crippen LogP contribution in [0.2, 0.25) is 0 Å². The van der Waals surface area contributed by atoms with Gasteiger partial charge in [-0.1, -0.05) is 12.1 Å². The molecule has 8 nitrogen and oxygen atoms in total. The number of hydrogen-bond acceptors (Lipinski definition) is 7. The number of ether oxygens (including phenoxy) is 2. The first-order valence-corrected chi connectivity index (χ1v) is 9.84. The molecule has 0 spiro atoms. The van der Waals surface area contributed by atoms with E-state index in [2.05, 4.69) is 14.9 Å². The number of anilines is 1. The van der Waals surface area contributed by atoms with Crippen LogP contribution in [0.1, 0.15) is 10.4 Å². The Morgan fingerprint density at radius 1 is 0.933 bits per heavy atom. The second kappa shape index (κ2) is 6.62. The summed E-state index contributed by atoms with van der Waals surface area (Å²) >= 11 is 0. The van der Waals surface area contributed by atoms with Gasteiger partial charge in [0.2, 0.25) is 6.79 Å². The zero-order valence-corrected chi connectivity index (χ0v) is 16.1. The summed E-state index contributed by atoms with van der Waals surface area (Å²) in [5.41, 5.74) is 2.91. The van der Waals surface area contributed by atoms with Gasteiger partial charge in [0.25, 0.3) is 5.91 Å². The third-order valence-electron chi connectivity index (χ3n) is 5.63. The highest BCUT2D eigenvalue weighted by Gasteiger charge is 2.26. The van der Waals surface area contributed by atoms with E-state index < -0.39 is 0 Å². The first-order valence-electron chi connectivity index (χ1n) is 9.84. The number of carbonyl (C=O) groups excluding carboxylic acids is 1. The van der Waals surface area contributed by atoms with Crippen LogP contribution in [-0.2, 0) is 0 Å². The van der Waals surface area contributed by atoms with Gasteiger partial charge >= 0.3 is 0 Å². The standard InChI is InChI=1S/C22H18N4O4/c27-22(14-5-6-17-18(11-14)29-13-28-17)26-9-7-25(8-10-26)21-20-19(23-12-24-21)15-3-1-2-4-16(15)30-20/h1-6,11-12H,7-10,13H2. The Hall–Kier alpha value is -3.81. The number of carbonyl (C=O) groups is 1. The van der Waals surface area contributed by atoms with Gasteiger partial charge in [-0.05, 0) is 30.3 Å². The number of nitrogens with zero attached hydrogens (tertiary/aromatic N) is 4. The number of para-hydroxylation sites is 1. The molecule has 4 aromatic rings. The molecule has 2 aliphatic rings. The number of fused-ring (bicyclic) bond motifs is 4. The van der Waals surface area contributed by atoms with Crippen LogP contribution in [0, 0.1) is 0 Å². The summed E-state index contributed by atoms with van der Waals surface area (Å²) in [6.45, 7) is 2.72. The number of furan rings is 1. The third-order valence-corrected chi connectivity index (χ3v) is 5.63. The van der Waals surface area contributed by atoms with Crippen molar-refractivity contribution in [2.75, 3.05) is 37.9 Å². The van der Waals surface area contributed by atoms with Gasteiger partial charge in [-0.3, -0.25) is 4.79 Å². The molecule has 0 saturated carbocycles. The van der Waals surface area contributed by atoms with Gasteiger partial charge in [0.15, 0.2) is 22.9 Å². The smallest absolute Gasteiger partial charge is 0.254 e. The molecule has 1 fully saturated rings. The quantitative estimate of drug-likeness (QED) is 0.510. The number of hydrogen-bond donors (Lipinski definition) is 0. The van der Waals surface area contributed by atoms with Gasteiger partial charge in [-0.25, -0.2) is 9.97 Å². The maximum atomic E-state index is 12.9. The molecule has 150 valence electrons. The van der Waals surface area contributed by atoms with Crippen LogP contribution in [0.3, 0.4) is 0 Å². The van der Waals surface area contributed by atoms with E-state index in [-0.39, 0.29) is 12.7 Å². The minimum Gasteiger partial charge on any atom is -0.454 e. The molecule has 0 bridgehead atoms. The molecule has 0 atom stereocenters. The average Bonchev–Trinajstić information content (AvgIpc) is 3.42. The molecule has 0 aliphatic carbocycles. The summed E-state index contributed by atoms with van der Waals surface area (Å²) in [5.74, 6) is 2.05. The van der Waals surface area contributed by atoms with Gasteiger partial charge < -0.3 is 23.7 Å². The maximum Gasteiger partial charge on any atom is 0.254 e. The van der Waals surface area contributed by atoms with Crippen molar-refractivity contribution in [3.05, 3.63) is 54.4 Å². The molecule has 0 unspecified atom stereocenters. The number of piperazine rings is 1. The van der Waals surface area contributed by atoms with Crippen LogP contribution >= 0.6 is 0 Å². The summed E-state index contributed by atoms with van der Waals surface area (Å²) < 4.78 is 16.8. The fourth-order valence-corrected chi connectivity index (χ4v) is 4.07. The zero-order chi connectivity index (χ0) is 20.1. The summed E-state index contributed by atoms with van der Waals surface area (Å²) in [6.07, 6.45) is 1.57. The molecular weight excluding hydrogens is 384 g/mol. The first kappa shape index (κ1) is 17.1. The van der Waals surface area contributed by atoms with Crippen LogP contribution < -0.4 is 14.4 Å². The third kappa shape index (κ3) is 2.64. The lowest BCUT2D eigenvalue weighted by Crippen LogP contribution is -2.49. The van der Waals surface area contributed by atoms with Gasteiger partial charge in [0.05, 0.1) is 0 Å². The van der Waals surface area contributed by atoms with Crippen molar-refractivity contribution in [2.24, 2.45) is 0 Å². The highest BCUT2D eigenvalue weighted by molar-refractivity contribution is 6.05. The molecule has 6 rings (SSSR count). The Balaban J connectivity index is 1.23. The predicted octanol–water partition coefficient (Wildman–Crippen LogP) is 3.07. The van der Waals surface area contributed by atoms with E-state index in [0.717, 1.165) is 22.3 Å². The molecule has 30 heavy (non-hydrogen) atoms. The normalized spacial score (nSPS) is 15.9. The van der Waals surface area contributed by atoms with E-state index in [4.69, 9.17) is 13.9 Å². The number of aromatic nitrogens is 2. The van der Waals surface area contributed by atoms with Crippen molar-refractivity contribution in [3.63, 3.8) is 0 Å². The topological polar surface area (TPSA) is 80.9 Å². The molecule has 4 heterocycles. The summed E-state index contributed by atoms with van der Waals surface area (Å²) in [7, 11) is 0. The molecule has 2 aromatic carbocycles. The maximum absolute atomic E-state index is 12.9. The molecular formula is C22H18N4O4. The largest absolute Gasteiger partial charge is 0.454 e. The van der Waals surface area contributed by atoms with Gasteiger partial charge in [0.1, 0.15) is 17.4 Å². The lowest BCUT2D eigenvalue weighted by molar-refractivity contribution is 0.0746. The van der Waals surface area contributed by atoms with E-state index in [1.165, 1.54) is 0 Å². The lowest BCUT2D eigenvalue weighted by atomic mass is 10.1. The fraction of sp³-hybridized carbons (Fsp3) is 0.227. The fourth-order valence-electron chi connectivity index (χ4n) is 4.07. The van der Waals surface area contributed by atoms with E-state index in [1.54, 1.807) is 24.5 Å². The van der Waals surface area contributed by atoms with E-state index in [9.17, 15) is 4.79 Å². The van der Waals surface area contributed by atoms with E-state index in [1.807, 2.05) is 29.2 Å². The Morgan fingerprint density at radius 2 is 1.77 bits per heavy atom. The second-order valence-electron chi connectivity index (χ2n) is 7.32. The average molecular weight is 402 g/mol. The monoisotopic (exact) mass is 402 g/mol. The molecule has 1 saturated heterocycles. The highest BCUT2D eigenvalue weighted by Crippen LogP contribution is 2.34. The number of rotatable bonds is 2. The Kier molecular flexibility index (Phi) is 3.77. The van der Waals surface area contributed by atoms with E-state index in [0.29, 0.717) is 48.8 Å². The van der Waals surface area contributed by atoms with E-state index >= 15 is 0 Å². The van der Waals surface area contributed by atoms with Crippen molar-refractivity contribution < 1.29 is 18.7 Å². The Morgan fingerprint density at radius 3 is 2.67 bits per heavy atom. The van der Waals surface area contributed by atoms with Crippen molar-refractivity contribution in [1.29, 1.82) is 0 Å². The number of amides is 1. The van der Waals surface area contributed by atoms with Crippen LogP contribution in [0.25, 0.3) is 22.1 Å². The van der Waals surface area contributed by atoms with Gasteiger partial charge in [0, 0.05) is 37.1 Å². The molecule has 0 N–H and O–H groups in total. The van der Waals surface area contributed by atoms with Crippen molar-refractivity contribution in [1.82, 2.24) is 14.9 Å². The van der Waals surface area contributed by atoms with Crippen molar-refractivity contribution in [3.8, 4) is 11.5 Å². The molecule has 2 aliphatic heterocycles. The summed E-state index contributed by atoms with van der Waals surface area (Å²) in [6, 6.07) is 13.2. The van der Waals surface area contributed by atoms with Crippen LogP contribution in [0.5, 0.6) is 11.5 Å². The van der Waals surface area contributed by atoms with Crippen molar-refractivity contribution in [2.45, 2.75) is 0 Å². The van der Waals surface area contributed by atoms with Crippen LogP contribution in [0.4, 0.5) is 5.82 Å². The Labute approximate surface area is 171 Å². The molecule has 1 amide bonds. The second-order valence-corrected chi connectivity index (χ2v) is 7.32. The predicted molar refractivity (Wildman–Crippen MR) is 110 cm³/mol. The highest BCUT2D eigenvalue weighted by atomic mass is 16.7. The summed E-state index contributed by atoms with van der Waals surface area (Å²) in [5, 5.41) is 0.979. The first-order chi connectivity index (χ1) is 14.8.